The third-order valence-corrected chi connectivity index (χ3v) is 4.71. The first-order valence-electron chi connectivity index (χ1n) is 9.12. The average Bonchev–Trinajstić information content (AvgIpc) is 3.10. The van der Waals surface area contributed by atoms with E-state index in [9.17, 15) is 9.18 Å². The van der Waals surface area contributed by atoms with E-state index < -0.39 is 5.82 Å². The van der Waals surface area contributed by atoms with Gasteiger partial charge in [0, 0.05) is 30.5 Å². The van der Waals surface area contributed by atoms with Gasteiger partial charge >= 0.3 is 0 Å². The lowest BCUT2D eigenvalue weighted by Gasteiger charge is -2.17. The standard InChI is InChI=1S/C20H25FN4O2/c1-13-9-16(22-10-15(13)21)19(26)25-8-7-14(11-25)12-27-18-6-5-17(23-24-18)20(2,3)4/h5-6,9-10,14H,7-8,11-12H2,1-4H3. The fourth-order valence-electron chi connectivity index (χ4n) is 2.97. The largest absolute Gasteiger partial charge is 0.476 e. The lowest BCUT2D eigenvalue weighted by molar-refractivity contribution is 0.0776. The number of ether oxygens (including phenoxy) is 1. The molecule has 1 aliphatic rings. The summed E-state index contributed by atoms with van der Waals surface area (Å²) in [6, 6.07) is 5.25. The zero-order valence-corrected chi connectivity index (χ0v) is 16.2. The first-order chi connectivity index (χ1) is 12.7. The molecule has 0 spiro atoms. The van der Waals surface area contributed by atoms with E-state index in [4.69, 9.17) is 4.74 Å². The van der Waals surface area contributed by atoms with Crippen LogP contribution in [0.25, 0.3) is 0 Å². The predicted octanol–water partition coefficient (Wildman–Crippen LogP) is 3.16. The number of likely N-dealkylation sites (tertiary alicyclic amines) is 1. The van der Waals surface area contributed by atoms with E-state index in [0.29, 0.717) is 31.1 Å². The minimum Gasteiger partial charge on any atom is -0.476 e. The van der Waals surface area contributed by atoms with Crippen LogP contribution in [0.4, 0.5) is 4.39 Å². The summed E-state index contributed by atoms with van der Waals surface area (Å²) in [5.41, 5.74) is 1.56. The van der Waals surface area contributed by atoms with Crippen molar-refractivity contribution in [2.75, 3.05) is 19.7 Å². The molecule has 1 fully saturated rings. The zero-order chi connectivity index (χ0) is 19.6. The van der Waals surface area contributed by atoms with Gasteiger partial charge in [0.1, 0.15) is 11.5 Å². The fraction of sp³-hybridized carbons (Fsp3) is 0.500. The van der Waals surface area contributed by atoms with Crippen molar-refractivity contribution >= 4 is 5.91 Å². The van der Waals surface area contributed by atoms with Gasteiger partial charge in [0.05, 0.1) is 18.5 Å². The van der Waals surface area contributed by atoms with Crippen LogP contribution in [0.3, 0.4) is 0 Å². The average molecular weight is 372 g/mol. The first-order valence-corrected chi connectivity index (χ1v) is 9.12. The Morgan fingerprint density at radius 1 is 1.33 bits per heavy atom. The molecule has 144 valence electrons. The Morgan fingerprint density at radius 3 is 2.74 bits per heavy atom. The summed E-state index contributed by atoms with van der Waals surface area (Å²) in [6.45, 7) is 9.57. The van der Waals surface area contributed by atoms with E-state index in [1.807, 2.05) is 12.1 Å². The SMILES string of the molecule is Cc1cc(C(=O)N2CCC(COc3ccc(C(C)(C)C)nn3)C2)ncc1F. The van der Waals surface area contributed by atoms with Crippen molar-refractivity contribution in [3.05, 3.63) is 47.2 Å². The summed E-state index contributed by atoms with van der Waals surface area (Å²) in [4.78, 5) is 18.2. The highest BCUT2D eigenvalue weighted by atomic mass is 19.1. The molecule has 6 nitrogen and oxygen atoms in total. The second-order valence-corrected chi connectivity index (χ2v) is 8.04. The maximum Gasteiger partial charge on any atom is 0.272 e. The third kappa shape index (κ3) is 4.59. The van der Waals surface area contributed by atoms with Gasteiger partial charge in [-0.05, 0) is 31.0 Å². The number of hydrogen-bond acceptors (Lipinski definition) is 5. The van der Waals surface area contributed by atoms with Crippen LogP contribution in [-0.2, 0) is 5.41 Å². The van der Waals surface area contributed by atoms with Gasteiger partial charge in [0.25, 0.3) is 5.91 Å². The number of aromatic nitrogens is 3. The van der Waals surface area contributed by atoms with Crippen LogP contribution in [0.2, 0.25) is 0 Å². The van der Waals surface area contributed by atoms with Crippen LogP contribution < -0.4 is 4.74 Å². The number of aryl methyl sites for hydroxylation is 1. The second-order valence-electron chi connectivity index (χ2n) is 8.04. The number of carbonyl (C=O) groups excluding carboxylic acids is 1. The minimum atomic E-state index is -0.405. The molecule has 1 amide bonds. The molecule has 1 atom stereocenters. The molecular weight excluding hydrogens is 347 g/mol. The van der Waals surface area contributed by atoms with Gasteiger partial charge in [-0.2, -0.15) is 5.10 Å². The number of halogens is 1. The minimum absolute atomic E-state index is 0.0510. The Hall–Kier alpha value is -2.57. The molecule has 0 N–H and O–H groups in total. The van der Waals surface area contributed by atoms with Crippen LogP contribution in [0.5, 0.6) is 5.88 Å². The highest BCUT2D eigenvalue weighted by Gasteiger charge is 2.28. The van der Waals surface area contributed by atoms with Crippen LogP contribution in [-0.4, -0.2) is 45.7 Å². The molecule has 0 saturated carbocycles. The first kappa shape index (κ1) is 19.2. The fourth-order valence-corrected chi connectivity index (χ4v) is 2.97. The molecule has 0 aliphatic carbocycles. The van der Waals surface area contributed by atoms with E-state index in [0.717, 1.165) is 18.3 Å². The van der Waals surface area contributed by atoms with Crippen molar-refractivity contribution in [2.45, 2.75) is 39.5 Å². The Morgan fingerprint density at radius 2 is 2.11 bits per heavy atom. The summed E-state index contributed by atoms with van der Waals surface area (Å²) in [5, 5.41) is 8.34. The molecule has 1 unspecified atom stereocenters. The molecule has 1 saturated heterocycles. The molecule has 3 heterocycles. The van der Waals surface area contributed by atoms with Crippen LogP contribution in [0.1, 0.15) is 48.9 Å². The molecule has 2 aromatic rings. The van der Waals surface area contributed by atoms with Crippen molar-refractivity contribution in [2.24, 2.45) is 5.92 Å². The summed E-state index contributed by atoms with van der Waals surface area (Å²) < 4.78 is 19.1. The van der Waals surface area contributed by atoms with Crippen molar-refractivity contribution in [1.29, 1.82) is 0 Å². The van der Waals surface area contributed by atoms with Gasteiger partial charge in [0.15, 0.2) is 0 Å². The number of rotatable bonds is 4. The van der Waals surface area contributed by atoms with E-state index >= 15 is 0 Å². The van der Waals surface area contributed by atoms with E-state index in [-0.39, 0.29) is 22.9 Å². The van der Waals surface area contributed by atoms with E-state index in [1.54, 1.807) is 11.8 Å². The molecule has 0 bridgehead atoms. The van der Waals surface area contributed by atoms with Crippen molar-refractivity contribution in [1.82, 2.24) is 20.1 Å². The van der Waals surface area contributed by atoms with Crippen LogP contribution in [0, 0.1) is 18.7 Å². The molecule has 0 radical (unpaired) electrons. The molecular formula is C20H25FN4O2. The monoisotopic (exact) mass is 372 g/mol. The number of carbonyl (C=O) groups is 1. The number of hydrogen-bond donors (Lipinski definition) is 0. The van der Waals surface area contributed by atoms with Crippen molar-refractivity contribution in [3.8, 4) is 5.88 Å². The Bertz CT molecular complexity index is 818. The van der Waals surface area contributed by atoms with Gasteiger partial charge in [-0.1, -0.05) is 20.8 Å². The van der Waals surface area contributed by atoms with Gasteiger partial charge in [0.2, 0.25) is 5.88 Å². The summed E-state index contributed by atoms with van der Waals surface area (Å²) >= 11 is 0. The highest BCUT2D eigenvalue weighted by molar-refractivity contribution is 5.92. The molecule has 2 aromatic heterocycles. The highest BCUT2D eigenvalue weighted by Crippen LogP contribution is 2.22. The molecule has 7 heteroatoms. The lowest BCUT2D eigenvalue weighted by Crippen LogP contribution is -2.30. The van der Waals surface area contributed by atoms with Gasteiger partial charge in [-0.15, -0.1) is 5.10 Å². The van der Waals surface area contributed by atoms with E-state index in [1.165, 1.54) is 6.07 Å². The van der Waals surface area contributed by atoms with Crippen molar-refractivity contribution in [3.63, 3.8) is 0 Å². The molecule has 27 heavy (non-hydrogen) atoms. The molecule has 3 rings (SSSR count). The van der Waals surface area contributed by atoms with Gasteiger partial charge in [-0.25, -0.2) is 9.37 Å². The van der Waals surface area contributed by atoms with Gasteiger partial charge < -0.3 is 9.64 Å². The van der Waals surface area contributed by atoms with Crippen molar-refractivity contribution < 1.29 is 13.9 Å². The Balaban J connectivity index is 1.53. The van der Waals surface area contributed by atoms with E-state index in [2.05, 4.69) is 36.0 Å². The second kappa shape index (κ2) is 7.58. The predicted molar refractivity (Wildman–Crippen MR) is 99.2 cm³/mol. The summed E-state index contributed by atoms with van der Waals surface area (Å²) in [7, 11) is 0. The summed E-state index contributed by atoms with van der Waals surface area (Å²) in [6.07, 6.45) is 1.94. The topological polar surface area (TPSA) is 68.2 Å². The lowest BCUT2D eigenvalue weighted by atomic mass is 9.92. The van der Waals surface area contributed by atoms with Crippen LogP contribution >= 0.6 is 0 Å². The Labute approximate surface area is 158 Å². The number of pyridine rings is 1. The number of nitrogens with zero attached hydrogens (tertiary/aromatic N) is 4. The summed E-state index contributed by atoms with van der Waals surface area (Å²) in [5.74, 6) is 0.135. The zero-order valence-electron chi connectivity index (χ0n) is 16.2. The van der Waals surface area contributed by atoms with Crippen LogP contribution in [0.15, 0.2) is 24.4 Å². The number of amides is 1. The normalized spacial score (nSPS) is 17.2. The van der Waals surface area contributed by atoms with Gasteiger partial charge in [-0.3, -0.25) is 4.79 Å². The maximum absolute atomic E-state index is 13.3. The quantitative estimate of drug-likeness (QED) is 0.825. The molecule has 1 aliphatic heterocycles. The third-order valence-electron chi connectivity index (χ3n) is 4.71. The Kier molecular flexibility index (Phi) is 5.39. The molecule has 0 aromatic carbocycles. The smallest absolute Gasteiger partial charge is 0.272 e. The maximum atomic E-state index is 13.3.